The van der Waals surface area contributed by atoms with Crippen molar-refractivity contribution in [3.63, 3.8) is 0 Å². The van der Waals surface area contributed by atoms with Crippen molar-refractivity contribution < 1.29 is 9.15 Å². The average Bonchev–Trinajstić information content (AvgIpc) is 3.26. The molecule has 7 heteroatoms. The average molecular weight is 330 g/mol. The summed E-state index contributed by atoms with van der Waals surface area (Å²) in [6.07, 6.45) is 3.00. The van der Waals surface area contributed by atoms with E-state index in [-0.39, 0.29) is 12.1 Å². The zero-order chi connectivity index (χ0) is 15.8. The van der Waals surface area contributed by atoms with E-state index in [4.69, 9.17) is 9.15 Å². The monoisotopic (exact) mass is 330 g/mol. The van der Waals surface area contributed by atoms with Crippen LogP contribution < -0.4 is 0 Å². The Labute approximate surface area is 138 Å². The Morgan fingerprint density at radius 3 is 3.13 bits per heavy atom. The summed E-state index contributed by atoms with van der Waals surface area (Å²) >= 11 is 1.72. The van der Waals surface area contributed by atoms with Crippen LogP contribution in [-0.2, 0) is 11.3 Å². The highest BCUT2D eigenvalue weighted by molar-refractivity contribution is 7.17. The van der Waals surface area contributed by atoms with E-state index < -0.39 is 0 Å². The van der Waals surface area contributed by atoms with Crippen molar-refractivity contribution in [2.45, 2.75) is 32.0 Å². The van der Waals surface area contributed by atoms with E-state index in [1.807, 2.05) is 19.2 Å². The molecular formula is C16H18N4O2S. The lowest BCUT2D eigenvalue weighted by Gasteiger charge is -2.21. The topological polar surface area (TPSA) is 64.3 Å². The van der Waals surface area contributed by atoms with E-state index in [0.29, 0.717) is 11.8 Å². The van der Waals surface area contributed by atoms with Gasteiger partial charge in [0.05, 0.1) is 22.4 Å². The number of thiophene rings is 1. The van der Waals surface area contributed by atoms with Crippen molar-refractivity contribution in [2.24, 2.45) is 0 Å². The minimum atomic E-state index is 0.0974. The van der Waals surface area contributed by atoms with Crippen LogP contribution in [0, 0.1) is 6.92 Å². The zero-order valence-corrected chi connectivity index (χ0v) is 13.9. The van der Waals surface area contributed by atoms with E-state index in [0.717, 1.165) is 25.0 Å². The van der Waals surface area contributed by atoms with Gasteiger partial charge in [-0.15, -0.1) is 21.5 Å². The fourth-order valence-electron chi connectivity index (χ4n) is 3.12. The normalized spacial score (nSPS) is 22.2. The second kappa shape index (κ2) is 5.99. The number of nitrogens with zero attached hydrogens (tertiary/aromatic N) is 4. The first kappa shape index (κ1) is 14.7. The molecule has 0 N–H and O–H groups in total. The van der Waals surface area contributed by atoms with Gasteiger partial charge in [-0.2, -0.15) is 0 Å². The van der Waals surface area contributed by atoms with Crippen LogP contribution in [0.25, 0.3) is 10.2 Å². The third-order valence-electron chi connectivity index (χ3n) is 4.27. The van der Waals surface area contributed by atoms with Gasteiger partial charge in [0.15, 0.2) is 0 Å². The van der Waals surface area contributed by atoms with Gasteiger partial charge in [-0.25, -0.2) is 0 Å². The molecule has 3 aromatic heterocycles. The summed E-state index contributed by atoms with van der Waals surface area (Å²) in [5.74, 6) is 1.27. The van der Waals surface area contributed by atoms with Crippen molar-refractivity contribution in [1.29, 1.82) is 0 Å². The van der Waals surface area contributed by atoms with Crippen molar-refractivity contribution >= 4 is 21.6 Å². The minimum Gasteiger partial charge on any atom is -0.424 e. The van der Waals surface area contributed by atoms with Crippen LogP contribution in [0.2, 0.25) is 0 Å². The number of aryl methyl sites for hydroxylation is 1. The quantitative estimate of drug-likeness (QED) is 0.733. The number of pyridine rings is 1. The van der Waals surface area contributed by atoms with Crippen LogP contribution >= 0.6 is 11.3 Å². The molecule has 1 fully saturated rings. The largest absolute Gasteiger partial charge is 0.424 e. The van der Waals surface area contributed by atoms with Crippen LogP contribution in [-0.4, -0.2) is 39.8 Å². The first-order valence-electron chi connectivity index (χ1n) is 7.62. The molecule has 1 aliphatic rings. The van der Waals surface area contributed by atoms with Crippen molar-refractivity contribution in [3.05, 3.63) is 41.1 Å². The lowest BCUT2D eigenvalue weighted by atomic mass is 10.2. The maximum Gasteiger partial charge on any atom is 0.233 e. The zero-order valence-electron chi connectivity index (χ0n) is 13.1. The predicted octanol–water partition coefficient (Wildman–Crippen LogP) is 2.95. The molecule has 3 aromatic rings. The molecule has 1 saturated heterocycles. The molecule has 6 nitrogen and oxygen atoms in total. The summed E-state index contributed by atoms with van der Waals surface area (Å²) < 4.78 is 12.4. The Balaban J connectivity index is 1.59. The molecule has 0 aromatic carbocycles. The summed E-state index contributed by atoms with van der Waals surface area (Å²) in [5.41, 5.74) is 2.25. The van der Waals surface area contributed by atoms with Crippen LogP contribution in [0.3, 0.4) is 0 Å². The number of fused-ring (bicyclic) bond motifs is 1. The van der Waals surface area contributed by atoms with Crippen molar-refractivity contribution in [2.75, 3.05) is 13.7 Å². The maximum absolute atomic E-state index is 5.65. The van der Waals surface area contributed by atoms with E-state index in [1.54, 1.807) is 18.4 Å². The molecule has 0 spiro atoms. The molecule has 0 bridgehead atoms. The van der Waals surface area contributed by atoms with Crippen molar-refractivity contribution in [1.82, 2.24) is 20.1 Å². The van der Waals surface area contributed by atoms with Crippen LogP contribution in [0.5, 0.6) is 0 Å². The van der Waals surface area contributed by atoms with Gasteiger partial charge in [0.1, 0.15) is 0 Å². The minimum absolute atomic E-state index is 0.0974. The van der Waals surface area contributed by atoms with Gasteiger partial charge in [-0.1, -0.05) is 0 Å². The molecule has 4 rings (SSSR count). The third-order valence-corrected chi connectivity index (χ3v) is 5.12. The van der Waals surface area contributed by atoms with Gasteiger partial charge in [0.25, 0.3) is 0 Å². The van der Waals surface area contributed by atoms with Crippen LogP contribution in [0.15, 0.2) is 28.1 Å². The summed E-state index contributed by atoms with van der Waals surface area (Å²) in [7, 11) is 1.75. The standard InChI is InChI=1S/C16H18N4O2S/c1-10-18-19-16(22-10)14-6-12(21-2)9-20(14)8-11-5-15-13(17-7-11)3-4-23-15/h3-5,7,12,14H,6,8-9H2,1-2H3/t12-,14+/m0/s1. The number of hydrogen-bond acceptors (Lipinski definition) is 7. The maximum atomic E-state index is 5.65. The Morgan fingerprint density at radius 1 is 1.43 bits per heavy atom. The lowest BCUT2D eigenvalue weighted by Crippen LogP contribution is -2.25. The number of rotatable bonds is 4. The Hall–Kier alpha value is -1.83. The smallest absolute Gasteiger partial charge is 0.233 e. The molecule has 0 unspecified atom stereocenters. The second-order valence-corrected chi connectivity index (χ2v) is 6.79. The summed E-state index contributed by atoms with van der Waals surface area (Å²) in [6, 6.07) is 4.36. The van der Waals surface area contributed by atoms with Gasteiger partial charge in [0.2, 0.25) is 11.8 Å². The predicted molar refractivity (Wildman–Crippen MR) is 87.2 cm³/mol. The fourth-order valence-corrected chi connectivity index (χ4v) is 3.92. The third kappa shape index (κ3) is 2.87. The molecule has 1 aliphatic heterocycles. The molecule has 120 valence electrons. The Morgan fingerprint density at radius 2 is 2.35 bits per heavy atom. The van der Waals surface area contributed by atoms with Gasteiger partial charge >= 0.3 is 0 Å². The van der Waals surface area contributed by atoms with Crippen molar-refractivity contribution in [3.8, 4) is 0 Å². The molecule has 0 saturated carbocycles. The molecule has 0 amide bonds. The van der Waals surface area contributed by atoms with E-state index in [2.05, 4.69) is 31.5 Å². The highest BCUT2D eigenvalue weighted by Crippen LogP contribution is 2.34. The second-order valence-electron chi connectivity index (χ2n) is 5.85. The first-order valence-corrected chi connectivity index (χ1v) is 8.50. The van der Waals surface area contributed by atoms with Gasteiger partial charge in [-0.05, 0) is 29.5 Å². The fraction of sp³-hybridized carbons (Fsp3) is 0.438. The number of ether oxygens (including phenoxy) is 1. The van der Waals surface area contributed by atoms with E-state index in [1.165, 1.54) is 10.3 Å². The van der Waals surface area contributed by atoms with Gasteiger partial charge in [0, 0.05) is 33.3 Å². The molecule has 0 aliphatic carbocycles. The van der Waals surface area contributed by atoms with Crippen LogP contribution in [0.4, 0.5) is 0 Å². The summed E-state index contributed by atoms with van der Waals surface area (Å²) in [4.78, 5) is 6.86. The highest BCUT2D eigenvalue weighted by atomic mass is 32.1. The molecule has 23 heavy (non-hydrogen) atoms. The number of hydrogen-bond donors (Lipinski definition) is 0. The van der Waals surface area contributed by atoms with Crippen LogP contribution in [0.1, 0.15) is 29.8 Å². The Kier molecular flexibility index (Phi) is 3.84. The SMILES string of the molecule is CO[C@H]1C[C@H](c2nnc(C)o2)N(Cc2cnc3ccsc3c2)C1. The van der Waals surface area contributed by atoms with E-state index >= 15 is 0 Å². The van der Waals surface area contributed by atoms with E-state index in [9.17, 15) is 0 Å². The molecule has 4 heterocycles. The lowest BCUT2D eigenvalue weighted by molar-refractivity contribution is 0.107. The number of methoxy groups -OCH3 is 1. The summed E-state index contributed by atoms with van der Waals surface area (Å²) in [6.45, 7) is 3.47. The Bertz CT molecular complexity index is 815. The molecule has 0 radical (unpaired) electrons. The van der Waals surface area contributed by atoms with Gasteiger partial charge < -0.3 is 9.15 Å². The van der Waals surface area contributed by atoms with Gasteiger partial charge in [-0.3, -0.25) is 9.88 Å². The number of likely N-dealkylation sites (tertiary alicyclic amines) is 1. The molecule has 2 atom stereocenters. The summed E-state index contributed by atoms with van der Waals surface area (Å²) in [5, 5.41) is 10.2. The first-order chi connectivity index (χ1) is 11.2. The highest BCUT2D eigenvalue weighted by Gasteiger charge is 2.36. The number of aromatic nitrogens is 3. The molecular weight excluding hydrogens is 312 g/mol.